The molecule has 1 unspecified atom stereocenters. The number of aromatic amines is 1. The molecule has 0 aliphatic heterocycles. The van der Waals surface area contributed by atoms with Crippen LogP contribution in [-0.2, 0) is 6.54 Å². The molecule has 0 aliphatic carbocycles. The topological polar surface area (TPSA) is 83.8 Å². The van der Waals surface area contributed by atoms with Crippen molar-refractivity contribution < 1.29 is 4.79 Å². The lowest BCUT2D eigenvalue weighted by atomic mass is 10.1. The predicted molar refractivity (Wildman–Crippen MR) is 86.3 cm³/mol. The third-order valence-corrected chi connectivity index (χ3v) is 3.62. The van der Waals surface area contributed by atoms with E-state index < -0.39 is 0 Å². The molecule has 1 atom stereocenters. The fourth-order valence-electron chi connectivity index (χ4n) is 2.32. The van der Waals surface area contributed by atoms with Gasteiger partial charge in [0.1, 0.15) is 5.82 Å². The molecule has 5 nitrogen and oxygen atoms in total. The molecule has 3 aromatic rings. The number of hydrogen-bond donors (Lipinski definition) is 3. The molecule has 1 heterocycles. The minimum absolute atomic E-state index is 0.128. The molecular weight excluding hydrogens is 276 g/mol. The van der Waals surface area contributed by atoms with Gasteiger partial charge in [0.15, 0.2) is 0 Å². The first-order valence-electron chi connectivity index (χ1n) is 7.22. The van der Waals surface area contributed by atoms with Gasteiger partial charge in [-0.05, 0) is 36.8 Å². The lowest BCUT2D eigenvalue weighted by molar-refractivity contribution is 0.0938. The fraction of sp³-hybridized carbons (Fsp3) is 0.176. The van der Waals surface area contributed by atoms with Gasteiger partial charge in [-0.25, -0.2) is 4.98 Å². The maximum atomic E-state index is 12.3. The summed E-state index contributed by atoms with van der Waals surface area (Å²) in [5.41, 5.74) is 9.03. The van der Waals surface area contributed by atoms with E-state index in [2.05, 4.69) is 15.3 Å². The highest BCUT2D eigenvalue weighted by Gasteiger charge is 2.14. The summed E-state index contributed by atoms with van der Waals surface area (Å²) in [6.45, 7) is 2.38. The lowest BCUT2D eigenvalue weighted by Crippen LogP contribution is -2.27. The average molecular weight is 294 g/mol. The summed E-state index contributed by atoms with van der Waals surface area (Å²) in [5, 5.41) is 2.95. The average Bonchev–Trinajstić information content (AvgIpc) is 2.99. The van der Waals surface area contributed by atoms with Crippen LogP contribution in [0.25, 0.3) is 11.0 Å². The van der Waals surface area contributed by atoms with Gasteiger partial charge in [0.05, 0.1) is 17.1 Å². The Morgan fingerprint density at radius 1 is 1.23 bits per heavy atom. The normalized spacial score (nSPS) is 12.3. The van der Waals surface area contributed by atoms with E-state index in [0.29, 0.717) is 12.1 Å². The Labute approximate surface area is 128 Å². The van der Waals surface area contributed by atoms with E-state index in [-0.39, 0.29) is 11.9 Å². The first-order chi connectivity index (χ1) is 10.7. The van der Waals surface area contributed by atoms with Gasteiger partial charge in [-0.3, -0.25) is 4.79 Å². The number of carbonyl (C=O) groups is 1. The number of aromatic nitrogens is 2. The smallest absolute Gasteiger partial charge is 0.251 e. The standard InChI is InChI=1S/C17H18N4O/c1-11(16-20-14-4-2-3-5-15(14)21-16)19-17(22)13-8-6-12(10-18)7-9-13/h2-9,11H,10,18H2,1H3,(H,19,22)(H,20,21). The second-order valence-corrected chi connectivity index (χ2v) is 5.24. The number of carbonyl (C=O) groups excluding carboxylic acids is 1. The quantitative estimate of drug-likeness (QED) is 0.691. The Hall–Kier alpha value is -2.66. The number of H-pyrrole nitrogens is 1. The summed E-state index contributed by atoms with van der Waals surface area (Å²) in [7, 11) is 0. The highest BCUT2D eigenvalue weighted by atomic mass is 16.1. The van der Waals surface area contributed by atoms with Gasteiger partial charge in [-0.15, -0.1) is 0 Å². The van der Waals surface area contributed by atoms with E-state index >= 15 is 0 Å². The SMILES string of the molecule is CC(NC(=O)c1ccc(CN)cc1)c1nc2ccccc2[nH]1. The number of imidazole rings is 1. The molecule has 0 saturated heterocycles. The molecule has 112 valence electrons. The summed E-state index contributed by atoms with van der Waals surface area (Å²) in [6.07, 6.45) is 0. The van der Waals surface area contributed by atoms with Crippen molar-refractivity contribution in [3.05, 3.63) is 65.5 Å². The molecular formula is C17H18N4O. The van der Waals surface area contributed by atoms with Crippen LogP contribution in [-0.4, -0.2) is 15.9 Å². The Bertz CT molecular complexity index is 759. The number of hydrogen-bond acceptors (Lipinski definition) is 3. The number of rotatable bonds is 4. The van der Waals surface area contributed by atoms with Gasteiger partial charge >= 0.3 is 0 Å². The lowest BCUT2D eigenvalue weighted by Gasteiger charge is -2.11. The molecule has 0 aliphatic rings. The molecule has 0 radical (unpaired) electrons. The predicted octanol–water partition coefficient (Wildman–Crippen LogP) is 2.51. The molecule has 0 fully saturated rings. The van der Waals surface area contributed by atoms with Crippen molar-refractivity contribution in [1.82, 2.24) is 15.3 Å². The second-order valence-electron chi connectivity index (χ2n) is 5.24. The van der Waals surface area contributed by atoms with Crippen LogP contribution in [0, 0.1) is 0 Å². The van der Waals surface area contributed by atoms with Gasteiger partial charge in [-0.1, -0.05) is 24.3 Å². The van der Waals surface area contributed by atoms with Crippen molar-refractivity contribution >= 4 is 16.9 Å². The van der Waals surface area contributed by atoms with Crippen molar-refractivity contribution in [2.24, 2.45) is 5.73 Å². The zero-order valence-corrected chi connectivity index (χ0v) is 12.3. The van der Waals surface area contributed by atoms with E-state index in [0.717, 1.165) is 22.4 Å². The third-order valence-electron chi connectivity index (χ3n) is 3.62. The first kappa shape index (κ1) is 14.3. The largest absolute Gasteiger partial charge is 0.342 e. The molecule has 1 aromatic heterocycles. The van der Waals surface area contributed by atoms with Crippen LogP contribution < -0.4 is 11.1 Å². The summed E-state index contributed by atoms with van der Waals surface area (Å²) < 4.78 is 0. The van der Waals surface area contributed by atoms with E-state index in [1.807, 2.05) is 43.3 Å². The van der Waals surface area contributed by atoms with Crippen LogP contribution in [0.3, 0.4) is 0 Å². The number of para-hydroxylation sites is 2. The molecule has 4 N–H and O–H groups in total. The molecule has 0 saturated carbocycles. The Kier molecular flexibility index (Phi) is 3.89. The van der Waals surface area contributed by atoms with Gasteiger partial charge in [0.25, 0.3) is 5.91 Å². The second kappa shape index (κ2) is 5.99. The van der Waals surface area contributed by atoms with Crippen LogP contribution in [0.15, 0.2) is 48.5 Å². The monoisotopic (exact) mass is 294 g/mol. The third kappa shape index (κ3) is 2.84. The van der Waals surface area contributed by atoms with Crippen molar-refractivity contribution in [2.75, 3.05) is 0 Å². The van der Waals surface area contributed by atoms with Gasteiger partial charge in [0.2, 0.25) is 0 Å². The number of amides is 1. The van der Waals surface area contributed by atoms with Crippen molar-refractivity contribution in [3.8, 4) is 0 Å². The number of benzene rings is 2. The minimum atomic E-state index is -0.200. The summed E-state index contributed by atoms with van der Waals surface area (Å²) in [6, 6.07) is 14.9. The summed E-state index contributed by atoms with van der Waals surface area (Å²) in [5.74, 6) is 0.615. The van der Waals surface area contributed by atoms with Gasteiger partial charge in [-0.2, -0.15) is 0 Å². The minimum Gasteiger partial charge on any atom is -0.342 e. The Morgan fingerprint density at radius 3 is 2.64 bits per heavy atom. The van der Waals surface area contributed by atoms with Crippen LogP contribution in [0.1, 0.15) is 34.7 Å². The number of nitrogens with zero attached hydrogens (tertiary/aromatic N) is 1. The molecule has 1 amide bonds. The zero-order valence-electron chi connectivity index (χ0n) is 12.3. The fourth-order valence-corrected chi connectivity index (χ4v) is 2.32. The van der Waals surface area contributed by atoms with Crippen LogP contribution in [0.2, 0.25) is 0 Å². The van der Waals surface area contributed by atoms with Gasteiger partial charge < -0.3 is 16.0 Å². The van der Waals surface area contributed by atoms with Crippen molar-refractivity contribution in [1.29, 1.82) is 0 Å². The van der Waals surface area contributed by atoms with E-state index in [4.69, 9.17) is 5.73 Å². The molecule has 22 heavy (non-hydrogen) atoms. The molecule has 5 heteroatoms. The first-order valence-corrected chi connectivity index (χ1v) is 7.22. The van der Waals surface area contributed by atoms with E-state index in [1.165, 1.54) is 0 Å². The maximum absolute atomic E-state index is 12.3. The van der Waals surface area contributed by atoms with Crippen molar-refractivity contribution in [3.63, 3.8) is 0 Å². The molecule has 2 aromatic carbocycles. The van der Waals surface area contributed by atoms with Crippen LogP contribution in [0.5, 0.6) is 0 Å². The van der Waals surface area contributed by atoms with E-state index in [1.54, 1.807) is 12.1 Å². The Balaban J connectivity index is 1.74. The van der Waals surface area contributed by atoms with Crippen LogP contribution >= 0.6 is 0 Å². The zero-order chi connectivity index (χ0) is 15.5. The number of fused-ring (bicyclic) bond motifs is 1. The van der Waals surface area contributed by atoms with Gasteiger partial charge in [0, 0.05) is 12.1 Å². The molecule has 0 spiro atoms. The highest BCUT2D eigenvalue weighted by molar-refractivity contribution is 5.94. The van der Waals surface area contributed by atoms with Crippen molar-refractivity contribution in [2.45, 2.75) is 19.5 Å². The Morgan fingerprint density at radius 2 is 1.95 bits per heavy atom. The molecule has 3 rings (SSSR count). The maximum Gasteiger partial charge on any atom is 0.251 e. The summed E-state index contributed by atoms with van der Waals surface area (Å²) >= 11 is 0. The van der Waals surface area contributed by atoms with E-state index in [9.17, 15) is 4.79 Å². The highest BCUT2D eigenvalue weighted by Crippen LogP contribution is 2.16. The summed E-state index contributed by atoms with van der Waals surface area (Å²) in [4.78, 5) is 20.0. The number of nitrogens with two attached hydrogens (primary N) is 1. The number of nitrogens with one attached hydrogen (secondary N) is 2. The molecule has 0 bridgehead atoms. The van der Waals surface area contributed by atoms with Crippen LogP contribution in [0.4, 0.5) is 0 Å².